The lowest BCUT2D eigenvalue weighted by Crippen LogP contribution is -2.52. The van der Waals surface area contributed by atoms with Crippen molar-refractivity contribution >= 4 is 28.5 Å². The third-order valence-corrected chi connectivity index (χ3v) is 5.25. The summed E-state index contributed by atoms with van der Waals surface area (Å²) in [7, 11) is 1.56. The molecule has 1 aliphatic carbocycles. The maximum absolute atomic E-state index is 12.9. The first-order valence-electron chi connectivity index (χ1n) is 8.31. The van der Waals surface area contributed by atoms with Gasteiger partial charge in [0.05, 0.1) is 25.9 Å². The van der Waals surface area contributed by atoms with Crippen LogP contribution in [0.25, 0.3) is 11.0 Å². The number of methoxy groups -OCH3 is 1. The van der Waals surface area contributed by atoms with Crippen molar-refractivity contribution in [1.82, 2.24) is 4.90 Å². The number of carbonyl (C=O) groups is 1. The molecule has 1 aromatic heterocycles. The molecular weight excluding hydrogens is 330 g/mol. The van der Waals surface area contributed by atoms with Crippen LogP contribution in [0.1, 0.15) is 36.2 Å². The zero-order valence-corrected chi connectivity index (χ0v) is 14.4. The second-order valence-electron chi connectivity index (χ2n) is 6.60. The second kappa shape index (κ2) is 5.97. The first-order chi connectivity index (χ1) is 11.6. The molecule has 5 nitrogen and oxygen atoms in total. The van der Waals surface area contributed by atoms with Gasteiger partial charge in [0.15, 0.2) is 17.1 Å². The summed E-state index contributed by atoms with van der Waals surface area (Å²) in [6, 6.07) is 5.20. The number of halogens is 1. The highest BCUT2D eigenvalue weighted by molar-refractivity contribution is 6.31. The summed E-state index contributed by atoms with van der Waals surface area (Å²) in [6.07, 6.45) is 4.39. The van der Waals surface area contributed by atoms with Crippen LogP contribution in [0.2, 0.25) is 5.02 Å². The lowest BCUT2D eigenvalue weighted by Gasteiger charge is -2.40. The molecule has 1 spiro atoms. The summed E-state index contributed by atoms with van der Waals surface area (Å²) in [5, 5.41) is 1.32. The number of carbonyl (C=O) groups excluding carboxylic acids is 1. The van der Waals surface area contributed by atoms with E-state index in [1.54, 1.807) is 25.3 Å². The number of morpholine rings is 1. The normalized spacial score (nSPS) is 20.0. The van der Waals surface area contributed by atoms with E-state index in [0.29, 0.717) is 41.8 Å². The van der Waals surface area contributed by atoms with E-state index in [1.165, 1.54) is 12.8 Å². The molecule has 0 atom stereocenters. The minimum absolute atomic E-state index is 0.0982. The molecule has 6 heteroatoms. The van der Waals surface area contributed by atoms with Crippen molar-refractivity contribution in [2.75, 3.05) is 26.8 Å². The molecule has 0 bridgehead atoms. The maximum Gasteiger partial charge on any atom is 0.289 e. The average molecular weight is 350 g/mol. The molecule has 2 aliphatic rings. The number of hydrogen-bond donors (Lipinski definition) is 0. The van der Waals surface area contributed by atoms with E-state index in [2.05, 4.69) is 0 Å². The molecule has 1 amide bonds. The van der Waals surface area contributed by atoms with E-state index >= 15 is 0 Å². The van der Waals surface area contributed by atoms with Gasteiger partial charge in [0.2, 0.25) is 0 Å². The third-order valence-electron chi connectivity index (χ3n) is 5.03. The van der Waals surface area contributed by atoms with Crippen molar-refractivity contribution in [2.24, 2.45) is 0 Å². The van der Waals surface area contributed by atoms with Gasteiger partial charge in [-0.3, -0.25) is 4.79 Å². The van der Waals surface area contributed by atoms with E-state index in [9.17, 15) is 4.79 Å². The molecule has 24 heavy (non-hydrogen) atoms. The minimum Gasteiger partial charge on any atom is -0.493 e. The molecule has 1 aromatic carbocycles. The van der Waals surface area contributed by atoms with Crippen molar-refractivity contribution < 1.29 is 18.7 Å². The monoisotopic (exact) mass is 349 g/mol. The van der Waals surface area contributed by atoms with Gasteiger partial charge in [-0.1, -0.05) is 24.4 Å². The van der Waals surface area contributed by atoms with Crippen molar-refractivity contribution in [3.63, 3.8) is 0 Å². The molecule has 0 unspecified atom stereocenters. The van der Waals surface area contributed by atoms with Crippen molar-refractivity contribution in [1.29, 1.82) is 0 Å². The second-order valence-corrected chi connectivity index (χ2v) is 7.04. The van der Waals surface area contributed by atoms with E-state index in [0.717, 1.165) is 18.2 Å². The molecule has 0 N–H and O–H groups in total. The van der Waals surface area contributed by atoms with Crippen LogP contribution in [0.15, 0.2) is 22.6 Å². The van der Waals surface area contributed by atoms with E-state index in [1.807, 2.05) is 4.90 Å². The van der Waals surface area contributed by atoms with Gasteiger partial charge in [-0.25, -0.2) is 0 Å². The number of amides is 1. The number of ether oxygens (including phenoxy) is 2. The van der Waals surface area contributed by atoms with Gasteiger partial charge in [0.1, 0.15) is 0 Å². The Kier molecular flexibility index (Phi) is 3.93. The third kappa shape index (κ3) is 2.66. The molecule has 2 fully saturated rings. The SMILES string of the molecule is COc1cc(Cl)cc2cc(C(=O)N3CCOC4(CCCC4)C3)oc12. The highest BCUT2D eigenvalue weighted by atomic mass is 35.5. The fourth-order valence-corrected chi connectivity index (χ4v) is 4.06. The summed E-state index contributed by atoms with van der Waals surface area (Å²) in [5.74, 6) is 0.755. The highest BCUT2D eigenvalue weighted by Crippen LogP contribution is 2.37. The predicted octanol–water partition coefficient (Wildman–Crippen LogP) is 3.88. The molecule has 0 radical (unpaired) electrons. The summed E-state index contributed by atoms with van der Waals surface area (Å²) in [5.41, 5.74) is 0.398. The predicted molar refractivity (Wildman–Crippen MR) is 90.8 cm³/mol. The van der Waals surface area contributed by atoms with Crippen molar-refractivity contribution in [2.45, 2.75) is 31.3 Å². The Morgan fingerprint density at radius 3 is 2.83 bits per heavy atom. The summed E-state index contributed by atoms with van der Waals surface area (Å²) in [6.45, 7) is 1.82. The first-order valence-corrected chi connectivity index (χ1v) is 8.68. The lowest BCUT2D eigenvalue weighted by atomic mass is 9.99. The molecule has 2 aromatic rings. The molecule has 1 aliphatic heterocycles. The van der Waals surface area contributed by atoms with Gasteiger partial charge >= 0.3 is 0 Å². The van der Waals surface area contributed by atoms with Crippen LogP contribution >= 0.6 is 11.6 Å². The Bertz CT molecular complexity index is 779. The number of nitrogens with zero attached hydrogens (tertiary/aromatic N) is 1. The van der Waals surface area contributed by atoms with Gasteiger partial charge in [0, 0.05) is 23.0 Å². The molecule has 128 valence electrons. The van der Waals surface area contributed by atoms with Crippen LogP contribution < -0.4 is 4.74 Å². The van der Waals surface area contributed by atoms with Crippen LogP contribution in [-0.2, 0) is 4.74 Å². The Balaban J connectivity index is 1.63. The average Bonchev–Trinajstić information content (AvgIpc) is 3.20. The fourth-order valence-electron chi connectivity index (χ4n) is 3.84. The first kappa shape index (κ1) is 15.8. The Morgan fingerprint density at radius 1 is 1.29 bits per heavy atom. The van der Waals surface area contributed by atoms with Gasteiger partial charge in [-0.2, -0.15) is 0 Å². The number of hydrogen-bond acceptors (Lipinski definition) is 4. The number of fused-ring (bicyclic) bond motifs is 1. The number of furan rings is 1. The van der Waals surface area contributed by atoms with Crippen LogP contribution in [-0.4, -0.2) is 43.2 Å². The Hall–Kier alpha value is -1.72. The quantitative estimate of drug-likeness (QED) is 0.825. The Labute approximate surface area is 145 Å². The summed E-state index contributed by atoms with van der Waals surface area (Å²) >= 11 is 6.09. The maximum atomic E-state index is 12.9. The van der Waals surface area contributed by atoms with Gasteiger partial charge in [0.25, 0.3) is 5.91 Å². The fraction of sp³-hybridized carbons (Fsp3) is 0.500. The molecule has 2 heterocycles. The molecular formula is C18H20ClNO4. The standard InChI is InChI=1S/C18H20ClNO4/c1-22-14-10-13(19)8-12-9-15(24-16(12)14)17(21)20-6-7-23-18(11-20)4-2-3-5-18/h8-10H,2-7,11H2,1H3. The Morgan fingerprint density at radius 2 is 2.08 bits per heavy atom. The molecule has 4 rings (SSSR count). The number of benzene rings is 1. The largest absolute Gasteiger partial charge is 0.493 e. The number of rotatable bonds is 2. The van der Waals surface area contributed by atoms with Gasteiger partial charge < -0.3 is 18.8 Å². The highest BCUT2D eigenvalue weighted by Gasteiger charge is 2.41. The minimum atomic E-state index is -0.152. The molecule has 1 saturated carbocycles. The van der Waals surface area contributed by atoms with E-state index in [4.69, 9.17) is 25.5 Å². The van der Waals surface area contributed by atoms with Crippen molar-refractivity contribution in [3.05, 3.63) is 29.0 Å². The lowest BCUT2D eigenvalue weighted by molar-refractivity contribution is -0.0952. The van der Waals surface area contributed by atoms with Crippen molar-refractivity contribution in [3.8, 4) is 5.75 Å². The van der Waals surface area contributed by atoms with Gasteiger partial charge in [-0.05, 0) is 25.0 Å². The molecule has 1 saturated heterocycles. The van der Waals surface area contributed by atoms with Crippen LogP contribution in [0.3, 0.4) is 0 Å². The zero-order valence-electron chi connectivity index (χ0n) is 13.6. The topological polar surface area (TPSA) is 51.9 Å². The van der Waals surface area contributed by atoms with Crippen LogP contribution in [0.4, 0.5) is 0 Å². The summed E-state index contributed by atoms with van der Waals surface area (Å²) in [4.78, 5) is 14.7. The summed E-state index contributed by atoms with van der Waals surface area (Å²) < 4.78 is 17.1. The van der Waals surface area contributed by atoms with Gasteiger partial charge in [-0.15, -0.1) is 0 Å². The van der Waals surface area contributed by atoms with Crippen LogP contribution in [0.5, 0.6) is 5.75 Å². The van der Waals surface area contributed by atoms with E-state index < -0.39 is 0 Å². The van der Waals surface area contributed by atoms with E-state index in [-0.39, 0.29) is 11.5 Å². The smallest absolute Gasteiger partial charge is 0.289 e. The van der Waals surface area contributed by atoms with Crippen LogP contribution in [0, 0.1) is 0 Å². The zero-order chi connectivity index (χ0) is 16.7.